The van der Waals surface area contributed by atoms with Crippen LogP contribution in [0, 0.1) is 17.3 Å². The van der Waals surface area contributed by atoms with Crippen molar-refractivity contribution in [1.82, 2.24) is 5.32 Å². The van der Waals surface area contributed by atoms with Crippen LogP contribution in [0.4, 0.5) is 0 Å². The van der Waals surface area contributed by atoms with Gasteiger partial charge >= 0.3 is 0 Å². The Hall–Kier alpha value is -0.0800. The predicted octanol–water partition coefficient (Wildman–Crippen LogP) is 2.95. The van der Waals surface area contributed by atoms with Crippen molar-refractivity contribution in [3.8, 4) is 0 Å². The molecule has 0 aromatic carbocycles. The Morgan fingerprint density at radius 2 is 1.82 bits per heavy atom. The fourth-order valence-corrected chi connectivity index (χ4v) is 3.61. The second kappa shape index (κ2) is 4.89. The Kier molecular flexibility index (Phi) is 3.84. The summed E-state index contributed by atoms with van der Waals surface area (Å²) in [5, 5.41) is 13.7. The molecule has 2 fully saturated rings. The molecular formula is C15H29NO. The number of hydrogen-bond acceptors (Lipinski definition) is 2. The summed E-state index contributed by atoms with van der Waals surface area (Å²) in [5.74, 6) is 1.61. The zero-order chi connectivity index (χ0) is 12.6. The van der Waals surface area contributed by atoms with Gasteiger partial charge in [0, 0.05) is 17.5 Å². The summed E-state index contributed by atoms with van der Waals surface area (Å²) in [6.45, 7) is 9.08. The number of nitrogens with one attached hydrogen (secondary N) is 1. The molecule has 2 aliphatic rings. The maximum absolute atomic E-state index is 9.81. The molecule has 2 rings (SSSR count). The van der Waals surface area contributed by atoms with Crippen LogP contribution in [-0.2, 0) is 0 Å². The van der Waals surface area contributed by atoms with Gasteiger partial charge in [0.15, 0.2) is 0 Å². The smallest absolute Gasteiger partial charge is 0.0621 e. The molecule has 0 radical (unpaired) electrons. The monoisotopic (exact) mass is 239 g/mol. The van der Waals surface area contributed by atoms with Crippen LogP contribution < -0.4 is 5.32 Å². The van der Waals surface area contributed by atoms with Crippen LogP contribution in [0.3, 0.4) is 0 Å². The van der Waals surface area contributed by atoms with Crippen molar-refractivity contribution < 1.29 is 5.11 Å². The summed E-state index contributed by atoms with van der Waals surface area (Å²) >= 11 is 0. The lowest BCUT2D eigenvalue weighted by atomic mass is 9.63. The molecule has 0 amide bonds. The number of hydrogen-bond donors (Lipinski definition) is 2. The summed E-state index contributed by atoms with van der Waals surface area (Å²) in [5.41, 5.74) is 0.0684. The standard InChI is InChI=1S/C15H29NO/c1-10(2)11-7-5-6-8-12(11)16-13-9-14(17)15(13,3)4/h10-14,16-17H,5-9H2,1-4H3. The number of aliphatic hydroxyl groups excluding tert-OH is 1. The van der Waals surface area contributed by atoms with Crippen molar-refractivity contribution in [2.75, 3.05) is 0 Å². The van der Waals surface area contributed by atoms with E-state index in [1.54, 1.807) is 0 Å². The summed E-state index contributed by atoms with van der Waals surface area (Å²) in [6.07, 6.45) is 6.31. The zero-order valence-corrected chi connectivity index (χ0v) is 11.9. The van der Waals surface area contributed by atoms with Gasteiger partial charge in [0.2, 0.25) is 0 Å². The molecule has 2 heteroatoms. The molecule has 2 N–H and O–H groups in total. The van der Waals surface area contributed by atoms with Crippen LogP contribution in [0.25, 0.3) is 0 Å². The van der Waals surface area contributed by atoms with Crippen LogP contribution in [0.5, 0.6) is 0 Å². The first-order chi connectivity index (χ1) is 7.93. The minimum absolute atomic E-state index is 0.0684. The van der Waals surface area contributed by atoms with E-state index in [2.05, 4.69) is 33.0 Å². The zero-order valence-electron chi connectivity index (χ0n) is 11.9. The fraction of sp³-hybridized carbons (Fsp3) is 1.00. The maximum Gasteiger partial charge on any atom is 0.0621 e. The largest absolute Gasteiger partial charge is 0.392 e. The van der Waals surface area contributed by atoms with Gasteiger partial charge in [0.25, 0.3) is 0 Å². The second-order valence-electron chi connectivity index (χ2n) is 7.09. The lowest BCUT2D eigenvalue weighted by Gasteiger charge is -2.52. The molecule has 0 aromatic rings. The van der Waals surface area contributed by atoms with Crippen molar-refractivity contribution in [1.29, 1.82) is 0 Å². The molecule has 100 valence electrons. The molecule has 4 atom stereocenters. The maximum atomic E-state index is 9.81. The Morgan fingerprint density at radius 1 is 1.18 bits per heavy atom. The molecule has 2 nitrogen and oxygen atoms in total. The quantitative estimate of drug-likeness (QED) is 0.793. The van der Waals surface area contributed by atoms with E-state index in [0.29, 0.717) is 12.1 Å². The molecule has 2 saturated carbocycles. The van der Waals surface area contributed by atoms with Crippen molar-refractivity contribution in [3.63, 3.8) is 0 Å². The highest BCUT2D eigenvalue weighted by molar-refractivity contribution is 5.03. The van der Waals surface area contributed by atoms with E-state index < -0.39 is 0 Å². The average molecular weight is 239 g/mol. The van der Waals surface area contributed by atoms with E-state index in [9.17, 15) is 5.11 Å². The highest BCUT2D eigenvalue weighted by atomic mass is 16.3. The Morgan fingerprint density at radius 3 is 2.35 bits per heavy atom. The summed E-state index contributed by atoms with van der Waals surface area (Å²) in [7, 11) is 0. The van der Waals surface area contributed by atoms with E-state index in [1.165, 1.54) is 25.7 Å². The molecule has 0 saturated heterocycles. The van der Waals surface area contributed by atoms with E-state index in [1.807, 2.05) is 0 Å². The molecular weight excluding hydrogens is 210 g/mol. The van der Waals surface area contributed by atoms with E-state index in [0.717, 1.165) is 18.3 Å². The third-order valence-electron chi connectivity index (χ3n) is 5.31. The summed E-state index contributed by atoms with van der Waals surface area (Å²) in [4.78, 5) is 0. The third-order valence-corrected chi connectivity index (χ3v) is 5.31. The van der Waals surface area contributed by atoms with Crippen LogP contribution in [0.2, 0.25) is 0 Å². The van der Waals surface area contributed by atoms with Gasteiger partial charge in [-0.3, -0.25) is 0 Å². The van der Waals surface area contributed by atoms with E-state index in [4.69, 9.17) is 0 Å². The normalized spacial score (nSPS) is 41.3. The highest BCUT2D eigenvalue weighted by Gasteiger charge is 2.48. The lowest BCUT2D eigenvalue weighted by molar-refractivity contribution is -0.0802. The Bertz CT molecular complexity index is 262. The number of aliphatic hydroxyl groups is 1. The third kappa shape index (κ3) is 2.53. The molecule has 0 spiro atoms. The summed E-state index contributed by atoms with van der Waals surface area (Å²) in [6, 6.07) is 1.20. The number of rotatable bonds is 3. The first-order valence-corrected chi connectivity index (χ1v) is 7.37. The van der Waals surface area contributed by atoms with Crippen LogP contribution in [-0.4, -0.2) is 23.3 Å². The molecule has 0 bridgehead atoms. The fourth-order valence-electron chi connectivity index (χ4n) is 3.61. The lowest BCUT2D eigenvalue weighted by Crippen LogP contribution is -2.63. The van der Waals surface area contributed by atoms with Gasteiger partial charge in [-0.1, -0.05) is 40.5 Å². The first kappa shape index (κ1) is 13.4. The predicted molar refractivity (Wildman–Crippen MR) is 71.9 cm³/mol. The molecule has 17 heavy (non-hydrogen) atoms. The van der Waals surface area contributed by atoms with Gasteiger partial charge in [-0.2, -0.15) is 0 Å². The van der Waals surface area contributed by atoms with Crippen LogP contribution >= 0.6 is 0 Å². The minimum Gasteiger partial charge on any atom is -0.392 e. The first-order valence-electron chi connectivity index (χ1n) is 7.37. The Labute approximate surface area is 106 Å². The molecule has 0 aliphatic heterocycles. The van der Waals surface area contributed by atoms with Gasteiger partial charge in [0.05, 0.1) is 6.10 Å². The van der Waals surface area contributed by atoms with Crippen molar-refractivity contribution in [2.24, 2.45) is 17.3 Å². The molecule has 0 aromatic heterocycles. The van der Waals surface area contributed by atoms with Gasteiger partial charge in [-0.15, -0.1) is 0 Å². The van der Waals surface area contributed by atoms with Gasteiger partial charge in [0.1, 0.15) is 0 Å². The molecule has 4 unspecified atom stereocenters. The van der Waals surface area contributed by atoms with E-state index >= 15 is 0 Å². The van der Waals surface area contributed by atoms with Crippen LogP contribution in [0.1, 0.15) is 59.8 Å². The highest BCUT2D eigenvalue weighted by Crippen LogP contribution is 2.42. The van der Waals surface area contributed by atoms with Crippen molar-refractivity contribution >= 4 is 0 Å². The minimum atomic E-state index is -0.110. The summed E-state index contributed by atoms with van der Waals surface area (Å²) < 4.78 is 0. The second-order valence-corrected chi connectivity index (χ2v) is 7.09. The van der Waals surface area contributed by atoms with Crippen molar-refractivity contribution in [2.45, 2.75) is 78.0 Å². The van der Waals surface area contributed by atoms with Gasteiger partial charge < -0.3 is 10.4 Å². The average Bonchev–Trinajstić information content (AvgIpc) is 2.29. The van der Waals surface area contributed by atoms with Gasteiger partial charge in [-0.05, 0) is 31.1 Å². The van der Waals surface area contributed by atoms with Gasteiger partial charge in [-0.25, -0.2) is 0 Å². The Balaban J connectivity index is 1.93. The SMILES string of the molecule is CC(C)C1CCCCC1NC1CC(O)C1(C)C. The van der Waals surface area contributed by atoms with Crippen molar-refractivity contribution in [3.05, 3.63) is 0 Å². The molecule has 2 aliphatic carbocycles. The van der Waals surface area contributed by atoms with Crippen LogP contribution in [0.15, 0.2) is 0 Å². The van der Waals surface area contributed by atoms with E-state index in [-0.39, 0.29) is 11.5 Å². The topological polar surface area (TPSA) is 32.3 Å². The molecule has 0 heterocycles.